The number of hydrogen-bond acceptors (Lipinski definition) is 8. The predicted octanol–water partition coefficient (Wildman–Crippen LogP) is 0.221. The molecule has 0 radical (unpaired) electrons. The van der Waals surface area contributed by atoms with Gasteiger partial charge in [0.1, 0.15) is 5.82 Å². The number of anilines is 2. The van der Waals surface area contributed by atoms with Crippen LogP contribution in [0.3, 0.4) is 0 Å². The summed E-state index contributed by atoms with van der Waals surface area (Å²) >= 11 is 0. The molecule has 1 aromatic heterocycles. The third kappa shape index (κ3) is 8.71. The van der Waals surface area contributed by atoms with Gasteiger partial charge in [0.25, 0.3) is 11.5 Å². The Labute approximate surface area is 197 Å². The minimum atomic E-state index is -0.828. The van der Waals surface area contributed by atoms with Gasteiger partial charge in [-0.1, -0.05) is 27.2 Å². The van der Waals surface area contributed by atoms with Crippen molar-refractivity contribution in [2.45, 2.75) is 65.8 Å². The first kappa shape index (κ1) is 28.4. The zero-order valence-electron chi connectivity index (χ0n) is 19.9. The Morgan fingerprint density at radius 1 is 1.06 bits per heavy atom. The Morgan fingerprint density at radius 3 is 2.38 bits per heavy atom. The highest BCUT2D eigenvalue weighted by molar-refractivity contribution is 5.97. The second kappa shape index (κ2) is 14.5. The summed E-state index contributed by atoms with van der Waals surface area (Å²) in [4.78, 5) is 75.9. The number of nitrogen functional groups attached to an aromatic ring is 1. The van der Waals surface area contributed by atoms with E-state index in [1.165, 1.54) is 9.47 Å². The normalized spacial score (nSPS) is 10.4. The molecule has 0 atom stereocenters. The maximum Gasteiger partial charge on any atom is 0.330 e. The van der Waals surface area contributed by atoms with Crippen molar-refractivity contribution < 1.29 is 23.9 Å². The number of rotatable bonds is 13. The summed E-state index contributed by atoms with van der Waals surface area (Å²) in [6, 6.07) is -0.697. The fourth-order valence-electron chi connectivity index (χ4n) is 2.97. The van der Waals surface area contributed by atoms with Gasteiger partial charge in [-0.3, -0.25) is 34.0 Å². The number of nitrogens with two attached hydrogens (primary N) is 1. The van der Waals surface area contributed by atoms with Crippen LogP contribution in [0.5, 0.6) is 0 Å². The second-order valence-corrected chi connectivity index (χ2v) is 7.51. The number of aromatic amines is 1. The average Bonchev–Trinajstić information content (AvgIpc) is 2.79. The number of carbonyl (C=O) groups is 4. The van der Waals surface area contributed by atoms with Crippen LogP contribution in [0, 0.1) is 0 Å². The maximum absolute atomic E-state index is 12.9. The van der Waals surface area contributed by atoms with Crippen LogP contribution in [0.15, 0.2) is 9.59 Å². The molecule has 1 aromatic rings. The van der Waals surface area contributed by atoms with Gasteiger partial charge in [-0.15, -0.1) is 0 Å². The summed E-state index contributed by atoms with van der Waals surface area (Å²) in [5, 5.41) is 4.45. The van der Waals surface area contributed by atoms with Crippen molar-refractivity contribution in [3.05, 3.63) is 20.8 Å². The van der Waals surface area contributed by atoms with Crippen molar-refractivity contribution in [1.82, 2.24) is 20.2 Å². The first-order valence-electron chi connectivity index (χ1n) is 11.3. The molecule has 0 aliphatic carbocycles. The molecule has 1 rings (SSSR count). The lowest BCUT2D eigenvalue weighted by atomic mass is 10.2. The predicted molar refractivity (Wildman–Crippen MR) is 125 cm³/mol. The highest BCUT2D eigenvalue weighted by atomic mass is 16.5. The van der Waals surface area contributed by atoms with E-state index in [0.29, 0.717) is 25.8 Å². The lowest BCUT2D eigenvalue weighted by Crippen LogP contribution is -2.42. The van der Waals surface area contributed by atoms with Crippen LogP contribution in [0.2, 0.25) is 0 Å². The second-order valence-electron chi connectivity index (χ2n) is 7.51. The molecular formula is C21H34N6O7. The number of aromatic nitrogens is 2. The molecule has 0 bridgehead atoms. The van der Waals surface area contributed by atoms with Gasteiger partial charge in [-0.05, 0) is 19.3 Å². The average molecular weight is 483 g/mol. The number of urea groups is 1. The van der Waals surface area contributed by atoms with Gasteiger partial charge in [-0.2, -0.15) is 0 Å². The number of ether oxygens (including phenoxy) is 1. The Kier molecular flexibility index (Phi) is 12.1. The van der Waals surface area contributed by atoms with Crippen LogP contribution in [-0.4, -0.2) is 53.1 Å². The first-order valence-corrected chi connectivity index (χ1v) is 11.3. The highest BCUT2D eigenvalue weighted by Crippen LogP contribution is 2.19. The molecule has 0 spiro atoms. The lowest BCUT2D eigenvalue weighted by molar-refractivity contribution is -0.148. The molecule has 0 aliphatic rings. The molecule has 0 unspecified atom stereocenters. The summed E-state index contributed by atoms with van der Waals surface area (Å²) in [7, 11) is 0. The zero-order valence-corrected chi connectivity index (χ0v) is 19.9. The van der Waals surface area contributed by atoms with Crippen LogP contribution in [0.4, 0.5) is 16.3 Å². The third-order valence-corrected chi connectivity index (χ3v) is 4.66. The van der Waals surface area contributed by atoms with E-state index < -0.39 is 41.7 Å². The minimum Gasteiger partial charge on any atom is -0.456 e. The van der Waals surface area contributed by atoms with Crippen LogP contribution in [0.25, 0.3) is 0 Å². The Morgan fingerprint density at radius 2 is 1.76 bits per heavy atom. The summed E-state index contributed by atoms with van der Waals surface area (Å²) < 4.78 is 5.99. The molecule has 4 amide bonds. The molecule has 13 nitrogen and oxygen atoms in total. The molecule has 13 heteroatoms. The number of amides is 4. The molecule has 1 heterocycles. The van der Waals surface area contributed by atoms with Crippen molar-refractivity contribution in [3.63, 3.8) is 0 Å². The van der Waals surface area contributed by atoms with Crippen LogP contribution in [-0.2, 0) is 25.7 Å². The van der Waals surface area contributed by atoms with Crippen molar-refractivity contribution >= 4 is 35.3 Å². The van der Waals surface area contributed by atoms with Crippen LogP contribution in [0.1, 0.15) is 59.3 Å². The van der Waals surface area contributed by atoms with E-state index in [0.717, 1.165) is 6.42 Å². The molecule has 0 fully saturated rings. The van der Waals surface area contributed by atoms with E-state index in [1.54, 1.807) is 0 Å². The number of H-pyrrole nitrogens is 1. The largest absolute Gasteiger partial charge is 0.456 e. The smallest absolute Gasteiger partial charge is 0.330 e. The van der Waals surface area contributed by atoms with E-state index in [1.807, 2.05) is 26.1 Å². The quantitative estimate of drug-likeness (QED) is 0.287. The van der Waals surface area contributed by atoms with Gasteiger partial charge in [0, 0.05) is 26.1 Å². The summed E-state index contributed by atoms with van der Waals surface area (Å²) in [5.41, 5.74) is 4.47. The first-order chi connectivity index (χ1) is 16.2. The van der Waals surface area contributed by atoms with Gasteiger partial charge >= 0.3 is 17.7 Å². The number of unbranched alkanes of at least 4 members (excludes halogenated alkanes) is 1. The molecule has 190 valence electrons. The number of imide groups is 1. The van der Waals surface area contributed by atoms with Crippen LogP contribution >= 0.6 is 0 Å². The number of nitrogens with one attached hydrogen (secondary N) is 3. The molecular weight excluding hydrogens is 448 g/mol. The van der Waals surface area contributed by atoms with Gasteiger partial charge in [0.15, 0.2) is 12.3 Å². The summed E-state index contributed by atoms with van der Waals surface area (Å²) in [5.74, 6) is -2.32. The summed E-state index contributed by atoms with van der Waals surface area (Å²) in [6.07, 6.45) is 1.88. The molecule has 0 aliphatic heterocycles. The number of nitrogens with zero attached hydrogens (tertiary/aromatic N) is 2. The molecule has 0 saturated carbocycles. The number of carbonyl (C=O) groups excluding carboxylic acids is 4. The van der Waals surface area contributed by atoms with E-state index in [9.17, 15) is 28.8 Å². The van der Waals surface area contributed by atoms with Crippen molar-refractivity contribution in [1.29, 1.82) is 0 Å². The fraction of sp³-hybridized carbons (Fsp3) is 0.619. The van der Waals surface area contributed by atoms with Gasteiger partial charge in [0.05, 0.1) is 6.42 Å². The Bertz CT molecular complexity index is 985. The zero-order chi connectivity index (χ0) is 25.7. The van der Waals surface area contributed by atoms with E-state index >= 15 is 0 Å². The monoisotopic (exact) mass is 482 g/mol. The fourth-order valence-corrected chi connectivity index (χ4v) is 2.97. The number of hydrogen-bond donors (Lipinski definition) is 4. The Balaban J connectivity index is 2.83. The van der Waals surface area contributed by atoms with Crippen molar-refractivity contribution in [3.8, 4) is 0 Å². The van der Waals surface area contributed by atoms with Gasteiger partial charge in [0.2, 0.25) is 5.91 Å². The molecule has 0 saturated heterocycles. The maximum atomic E-state index is 12.9. The van der Waals surface area contributed by atoms with Gasteiger partial charge in [-0.25, -0.2) is 9.59 Å². The lowest BCUT2D eigenvalue weighted by Gasteiger charge is -2.24. The summed E-state index contributed by atoms with van der Waals surface area (Å²) in [6.45, 7) is 5.71. The van der Waals surface area contributed by atoms with E-state index in [4.69, 9.17) is 10.5 Å². The van der Waals surface area contributed by atoms with Crippen molar-refractivity contribution in [2.24, 2.45) is 0 Å². The van der Waals surface area contributed by atoms with Crippen molar-refractivity contribution in [2.75, 3.05) is 30.3 Å². The molecule has 34 heavy (non-hydrogen) atoms. The Hall–Kier alpha value is -3.64. The van der Waals surface area contributed by atoms with E-state index in [-0.39, 0.29) is 37.4 Å². The molecule has 5 N–H and O–H groups in total. The minimum absolute atomic E-state index is 0.124. The standard InChI is InChI=1S/C21H34N6O7/c1-4-7-12-26(17-18(22)27(11-6-3)21(33)25-19(17)31)15(29)8-9-16(30)34-13-14(28)24-20(32)23-10-5-2/h4-13,22H2,1-3H3,(H,25,31,33)(H2,23,24,28,32). The van der Waals surface area contributed by atoms with Gasteiger partial charge < -0.3 is 20.7 Å². The molecule has 0 aromatic carbocycles. The number of esters is 1. The van der Waals surface area contributed by atoms with E-state index in [2.05, 4.69) is 10.3 Å². The topological polar surface area (TPSA) is 186 Å². The van der Waals surface area contributed by atoms with Crippen LogP contribution < -0.4 is 32.5 Å². The highest BCUT2D eigenvalue weighted by Gasteiger charge is 2.24. The third-order valence-electron chi connectivity index (χ3n) is 4.66. The SMILES string of the molecule is CCCCN(C(=O)CCC(=O)OCC(=O)NC(=O)NCCC)c1c(N)n(CCC)c(=O)[nH]c1=O.